The number of ether oxygens (including phenoxy) is 1. The molecule has 1 aromatic heterocycles. The van der Waals surface area contributed by atoms with E-state index in [9.17, 15) is 0 Å². The number of nitrogens with one attached hydrogen (secondary N) is 1. The summed E-state index contributed by atoms with van der Waals surface area (Å²) < 4.78 is 5.60. The molecular weight excluding hydrogens is 230 g/mol. The largest absolute Gasteiger partial charge is 0.494 e. The van der Waals surface area contributed by atoms with Crippen LogP contribution in [-0.2, 0) is 6.54 Å². The molecule has 90 valence electrons. The van der Waals surface area contributed by atoms with Crippen molar-refractivity contribution in [1.29, 1.82) is 0 Å². The molecule has 2 aromatic rings. The van der Waals surface area contributed by atoms with Crippen LogP contribution < -0.4 is 10.1 Å². The molecule has 0 bridgehead atoms. The third kappa shape index (κ3) is 3.79. The summed E-state index contributed by atoms with van der Waals surface area (Å²) in [7, 11) is 0. The molecule has 1 N–H and O–H groups in total. The first-order chi connectivity index (χ1) is 8.38. The van der Waals surface area contributed by atoms with Crippen LogP contribution in [-0.4, -0.2) is 6.61 Å². The Morgan fingerprint density at radius 2 is 2.18 bits per heavy atom. The van der Waals surface area contributed by atoms with Crippen molar-refractivity contribution >= 4 is 17.0 Å². The van der Waals surface area contributed by atoms with E-state index in [0.29, 0.717) is 0 Å². The zero-order valence-corrected chi connectivity index (χ0v) is 10.8. The Kier molecular flexibility index (Phi) is 4.45. The van der Waals surface area contributed by atoms with Gasteiger partial charge in [0.15, 0.2) is 0 Å². The highest BCUT2D eigenvalue weighted by molar-refractivity contribution is 7.09. The summed E-state index contributed by atoms with van der Waals surface area (Å²) in [6, 6.07) is 12.3. The standard InChI is InChI=1S/C14H17NOS/c1-2-8-16-13-6-3-5-12(10-13)15-11-14-7-4-9-17-14/h3-7,9-10,15H,2,8,11H2,1H3. The smallest absolute Gasteiger partial charge is 0.121 e. The molecule has 17 heavy (non-hydrogen) atoms. The average molecular weight is 247 g/mol. The molecule has 0 aliphatic carbocycles. The van der Waals surface area contributed by atoms with E-state index in [4.69, 9.17) is 4.74 Å². The summed E-state index contributed by atoms with van der Waals surface area (Å²) in [5.41, 5.74) is 1.10. The maximum Gasteiger partial charge on any atom is 0.121 e. The number of hydrogen-bond acceptors (Lipinski definition) is 3. The van der Waals surface area contributed by atoms with Gasteiger partial charge in [-0.2, -0.15) is 0 Å². The number of thiophene rings is 1. The molecule has 0 radical (unpaired) electrons. The Bertz CT molecular complexity index is 439. The molecule has 0 atom stereocenters. The van der Waals surface area contributed by atoms with Crippen molar-refractivity contribution < 1.29 is 4.74 Å². The van der Waals surface area contributed by atoms with Gasteiger partial charge in [-0.3, -0.25) is 0 Å². The maximum atomic E-state index is 5.60. The highest BCUT2D eigenvalue weighted by Crippen LogP contribution is 2.19. The summed E-state index contributed by atoms with van der Waals surface area (Å²) in [5.74, 6) is 0.933. The average Bonchev–Trinajstić information content (AvgIpc) is 2.87. The van der Waals surface area contributed by atoms with E-state index in [-0.39, 0.29) is 0 Å². The van der Waals surface area contributed by atoms with Gasteiger partial charge in [-0.05, 0) is 30.0 Å². The van der Waals surface area contributed by atoms with Gasteiger partial charge in [0.05, 0.1) is 6.61 Å². The first-order valence-electron chi connectivity index (χ1n) is 5.87. The van der Waals surface area contributed by atoms with E-state index >= 15 is 0 Å². The fourth-order valence-electron chi connectivity index (χ4n) is 1.52. The van der Waals surface area contributed by atoms with Crippen LogP contribution >= 0.6 is 11.3 Å². The van der Waals surface area contributed by atoms with Gasteiger partial charge in [0.1, 0.15) is 5.75 Å². The van der Waals surface area contributed by atoms with Crippen LogP contribution in [0.15, 0.2) is 41.8 Å². The molecule has 0 unspecified atom stereocenters. The van der Waals surface area contributed by atoms with Gasteiger partial charge in [0.2, 0.25) is 0 Å². The summed E-state index contributed by atoms with van der Waals surface area (Å²) in [6.45, 7) is 3.75. The number of benzene rings is 1. The lowest BCUT2D eigenvalue weighted by Crippen LogP contribution is -1.99. The molecule has 0 spiro atoms. The minimum absolute atomic E-state index is 0.772. The molecule has 0 aliphatic heterocycles. The molecule has 0 aliphatic rings. The van der Waals surface area contributed by atoms with Crippen LogP contribution in [0.2, 0.25) is 0 Å². The van der Waals surface area contributed by atoms with Gasteiger partial charge in [-0.1, -0.05) is 19.1 Å². The van der Waals surface area contributed by atoms with E-state index in [1.54, 1.807) is 11.3 Å². The van der Waals surface area contributed by atoms with Gasteiger partial charge >= 0.3 is 0 Å². The molecule has 0 saturated carbocycles. The predicted octanol–water partition coefficient (Wildman–Crippen LogP) is 4.15. The topological polar surface area (TPSA) is 21.3 Å². The first kappa shape index (κ1) is 12.0. The molecule has 2 nitrogen and oxygen atoms in total. The highest BCUT2D eigenvalue weighted by atomic mass is 32.1. The lowest BCUT2D eigenvalue weighted by Gasteiger charge is -2.08. The number of anilines is 1. The molecular formula is C14H17NOS. The predicted molar refractivity (Wildman–Crippen MR) is 73.9 cm³/mol. The Morgan fingerprint density at radius 3 is 2.94 bits per heavy atom. The van der Waals surface area contributed by atoms with Crippen LogP contribution in [0.3, 0.4) is 0 Å². The second kappa shape index (κ2) is 6.30. The summed E-state index contributed by atoms with van der Waals surface area (Å²) >= 11 is 1.77. The van der Waals surface area contributed by atoms with Crippen LogP contribution in [0.4, 0.5) is 5.69 Å². The lowest BCUT2D eigenvalue weighted by atomic mass is 10.3. The van der Waals surface area contributed by atoms with E-state index in [2.05, 4.69) is 35.8 Å². The maximum absolute atomic E-state index is 5.60. The monoisotopic (exact) mass is 247 g/mol. The third-order valence-corrected chi connectivity index (χ3v) is 3.23. The molecule has 1 heterocycles. The summed E-state index contributed by atoms with van der Waals surface area (Å²) in [4.78, 5) is 1.34. The van der Waals surface area contributed by atoms with Crippen LogP contribution in [0.5, 0.6) is 5.75 Å². The van der Waals surface area contributed by atoms with Crippen LogP contribution in [0.1, 0.15) is 18.2 Å². The van der Waals surface area contributed by atoms with Crippen molar-refractivity contribution in [2.75, 3.05) is 11.9 Å². The molecule has 3 heteroatoms. The quantitative estimate of drug-likeness (QED) is 0.828. The van der Waals surface area contributed by atoms with Crippen molar-refractivity contribution in [3.63, 3.8) is 0 Å². The Balaban J connectivity index is 1.91. The molecule has 0 amide bonds. The first-order valence-corrected chi connectivity index (χ1v) is 6.75. The fraction of sp³-hybridized carbons (Fsp3) is 0.286. The van der Waals surface area contributed by atoms with Crippen molar-refractivity contribution in [3.8, 4) is 5.75 Å². The van der Waals surface area contributed by atoms with E-state index in [0.717, 1.165) is 31.0 Å². The van der Waals surface area contributed by atoms with Crippen LogP contribution in [0.25, 0.3) is 0 Å². The minimum atomic E-state index is 0.772. The molecule has 2 rings (SSSR count). The van der Waals surface area contributed by atoms with Gasteiger partial charge in [-0.15, -0.1) is 11.3 Å². The number of rotatable bonds is 6. The highest BCUT2D eigenvalue weighted by Gasteiger charge is 1.97. The zero-order valence-electron chi connectivity index (χ0n) is 9.98. The summed E-state index contributed by atoms with van der Waals surface area (Å²) in [6.07, 6.45) is 1.03. The van der Waals surface area contributed by atoms with Gasteiger partial charge < -0.3 is 10.1 Å². The van der Waals surface area contributed by atoms with E-state index in [1.165, 1.54) is 4.88 Å². The SMILES string of the molecule is CCCOc1cccc(NCc2cccs2)c1. The van der Waals surface area contributed by atoms with Crippen LogP contribution in [0, 0.1) is 0 Å². The molecule has 0 fully saturated rings. The summed E-state index contributed by atoms with van der Waals surface area (Å²) in [5, 5.41) is 5.49. The number of hydrogen-bond donors (Lipinski definition) is 1. The van der Waals surface area contributed by atoms with E-state index in [1.807, 2.05) is 18.2 Å². The van der Waals surface area contributed by atoms with Gasteiger partial charge in [0, 0.05) is 23.2 Å². The Hall–Kier alpha value is -1.48. The molecule has 0 saturated heterocycles. The Labute approximate surface area is 106 Å². The van der Waals surface area contributed by atoms with E-state index < -0.39 is 0 Å². The van der Waals surface area contributed by atoms with Gasteiger partial charge in [-0.25, -0.2) is 0 Å². The fourth-order valence-corrected chi connectivity index (χ4v) is 2.16. The lowest BCUT2D eigenvalue weighted by molar-refractivity contribution is 0.317. The second-order valence-corrected chi connectivity index (χ2v) is 4.84. The zero-order chi connectivity index (χ0) is 11.9. The van der Waals surface area contributed by atoms with Crippen molar-refractivity contribution in [1.82, 2.24) is 0 Å². The van der Waals surface area contributed by atoms with Crippen molar-refractivity contribution in [3.05, 3.63) is 46.7 Å². The second-order valence-electron chi connectivity index (χ2n) is 3.81. The van der Waals surface area contributed by atoms with Gasteiger partial charge in [0.25, 0.3) is 0 Å². The van der Waals surface area contributed by atoms with Crippen molar-refractivity contribution in [2.24, 2.45) is 0 Å². The minimum Gasteiger partial charge on any atom is -0.494 e. The Morgan fingerprint density at radius 1 is 1.24 bits per heavy atom. The normalized spacial score (nSPS) is 10.2. The van der Waals surface area contributed by atoms with Crippen molar-refractivity contribution in [2.45, 2.75) is 19.9 Å². The molecule has 1 aromatic carbocycles. The third-order valence-electron chi connectivity index (χ3n) is 2.35.